The summed E-state index contributed by atoms with van der Waals surface area (Å²) in [6.45, 7) is 3.26. The molecule has 6 nitrogen and oxygen atoms in total. The minimum atomic E-state index is -0.770. The number of ether oxygens (including phenoxy) is 1. The summed E-state index contributed by atoms with van der Waals surface area (Å²) in [6, 6.07) is 11.2. The van der Waals surface area contributed by atoms with Crippen LogP contribution >= 0.6 is 27.5 Å². The lowest BCUT2D eigenvalue weighted by atomic mass is 9.95. The molecule has 3 rings (SSSR count). The number of nitrogens with one attached hydrogen (secondary N) is 1. The van der Waals surface area contributed by atoms with Crippen LogP contribution in [0.2, 0.25) is 5.02 Å². The maximum Gasteiger partial charge on any atom is 0.295 e. The minimum Gasteiger partial charge on any atom is -0.872 e. The van der Waals surface area contributed by atoms with Crippen molar-refractivity contribution in [2.75, 3.05) is 33.8 Å². The quantitative estimate of drug-likeness (QED) is 0.353. The van der Waals surface area contributed by atoms with Crippen LogP contribution in [-0.2, 0) is 9.59 Å². The van der Waals surface area contributed by atoms with E-state index in [0.29, 0.717) is 31.0 Å². The van der Waals surface area contributed by atoms with Gasteiger partial charge in [-0.15, -0.1) is 0 Å². The molecule has 1 amide bonds. The number of carbonyl (C=O) groups excluding carboxylic acids is 2. The van der Waals surface area contributed by atoms with Gasteiger partial charge in [0.15, 0.2) is 0 Å². The van der Waals surface area contributed by atoms with E-state index in [0.717, 1.165) is 9.37 Å². The van der Waals surface area contributed by atoms with E-state index >= 15 is 0 Å². The predicted molar refractivity (Wildman–Crippen MR) is 121 cm³/mol. The number of nitrogens with zero attached hydrogens (tertiary/aromatic N) is 1. The Morgan fingerprint density at radius 2 is 1.97 bits per heavy atom. The molecule has 0 aromatic heterocycles. The van der Waals surface area contributed by atoms with Crippen molar-refractivity contribution < 1.29 is 24.3 Å². The third-order valence-corrected chi connectivity index (χ3v) is 5.83. The number of hydrogen-bond donors (Lipinski definition) is 1. The van der Waals surface area contributed by atoms with Gasteiger partial charge in [-0.25, -0.2) is 0 Å². The van der Waals surface area contributed by atoms with Crippen molar-refractivity contribution in [3.05, 3.63) is 68.7 Å². The number of likely N-dealkylation sites (tertiary alicyclic amines) is 1. The lowest BCUT2D eigenvalue weighted by molar-refractivity contribution is -0.857. The summed E-state index contributed by atoms with van der Waals surface area (Å²) < 4.78 is 6.22. The number of carbonyl (C=O) groups is 2. The zero-order valence-corrected chi connectivity index (χ0v) is 19.9. The summed E-state index contributed by atoms with van der Waals surface area (Å²) in [5.74, 6) is -1.48. The number of hydrogen-bond acceptors (Lipinski definition) is 4. The second-order valence-electron chi connectivity index (χ2n) is 7.56. The smallest absolute Gasteiger partial charge is 0.295 e. The first-order valence-electron chi connectivity index (χ1n) is 9.98. The molecule has 8 heteroatoms. The summed E-state index contributed by atoms with van der Waals surface area (Å²) in [7, 11) is 3.93. The van der Waals surface area contributed by atoms with Crippen LogP contribution in [0.5, 0.6) is 5.75 Å². The van der Waals surface area contributed by atoms with Crippen molar-refractivity contribution in [2.45, 2.75) is 13.0 Å². The highest BCUT2D eigenvalue weighted by molar-refractivity contribution is 9.10. The third kappa shape index (κ3) is 4.95. The van der Waals surface area contributed by atoms with Crippen molar-refractivity contribution in [1.82, 2.24) is 4.90 Å². The van der Waals surface area contributed by atoms with Crippen molar-refractivity contribution in [2.24, 2.45) is 0 Å². The third-order valence-electron chi connectivity index (χ3n) is 5.04. The molecular formula is C23H24BrClN2O4. The Morgan fingerprint density at radius 1 is 1.23 bits per heavy atom. The topological polar surface area (TPSA) is 74.1 Å². The number of benzene rings is 2. The SMILES string of the molecule is CCOc1ccc(C([O-])=C2C(=O)C(=O)N(CC[NH+](C)C)C2c2cccc(Br)c2)cc1Cl. The molecule has 0 aliphatic carbocycles. The van der Waals surface area contributed by atoms with Gasteiger partial charge in [-0.2, -0.15) is 0 Å². The summed E-state index contributed by atoms with van der Waals surface area (Å²) in [4.78, 5) is 28.5. The van der Waals surface area contributed by atoms with E-state index in [1.54, 1.807) is 12.1 Å². The van der Waals surface area contributed by atoms with Gasteiger partial charge in [0.25, 0.3) is 5.91 Å². The monoisotopic (exact) mass is 506 g/mol. The molecule has 31 heavy (non-hydrogen) atoms. The number of halogens is 2. The Kier molecular flexibility index (Phi) is 7.41. The van der Waals surface area contributed by atoms with Crippen LogP contribution in [0.15, 0.2) is 52.5 Å². The van der Waals surface area contributed by atoms with Crippen LogP contribution in [0, 0.1) is 0 Å². The van der Waals surface area contributed by atoms with Gasteiger partial charge < -0.3 is 19.6 Å². The number of ketones is 1. The average Bonchev–Trinajstić information content (AvgIpc) is 2.98. The van der Waals surface area contributed by atoms with Gasteiger partial charge in [-0.3, -0.25) is 9.59 Å². The molecule has 1 atom stereocenters. The largest absolute Gasteiger partial charge is 0.872 e. The first-order chi connectivity index (χ1) is 14.7. The molecule has 1 fully saturated rings. The maximum atomic E-state index is 13.4. The van der Waals surface area contributed by atoms with Gasteiger partial charge >= 0.3 is 0 Å². The number of amides is 1. The van der Waals surface area contributed by atoms with Gasteiger partial charge in [0.1, 0.15) is 5.75 Å². The molecule has 1 N–H and O–H groups in total. The Labute approximate surface area is 195 Å². The summed E-state index contributed by atoms with van der Waals surface area (Å²) >= 11 is 9.69. The zero-order chi connectivity index (χ0) is 22.7. The molecule has 1 heterocycles. The van der Waals surface area contributed by atoms with E-state index < -0.39 is 23.5 Å². The number of rotatable bonds is 7. The number of Topliss-reactive ketones (excluding diaryl/α,β-unsaturated/α-hetero) is 1. The van der Waals surface area contributed by atoms with Crippen molar-refractivity contribution in [1.29, 1.82) is 0 Å². The van der Waals surface area contributed by atoms with Crippen LogP contribution in [0.25, 0.3) is 5.76 Å². The van der Waals surface area contributed by atoms with E-state index in [9.17, 15) is 14.7 Å². The number of likely N-dealkylation sites (N-methyl/N-ethyl adjacent to an activating group) is 1. The molecule has 0 radical (unpaired) electrons. The highest BCUT2D eigenvalue weighted by Crippen LogP contribution is 2.39. The van der Waals surface area contributed by atoms with Crippen molar-refractivity contribution in [3.8, 4) is 5.75 Å². The lowest BCUT2D eigenvalue weighted by Crippen LogP contribution is -3.06. The Balaban J connectivity index is 2.13. The first kappa shape index (κ1) is 23.3. The van der Waals surface area contributed by atoms with E-state index in [4.69, 9.17) is 16.3 Å². The fourth-order valence-corrected chi connectivity index (χ4v) is 4.19. The predicted octanol–water partition coefficient (Wildman–Crippen LogP) is 1.87. The van der Waals surface area contributed by atoms with Crippen LogP contribution in [0.1, 0.15) is 24.1 Å². The van der Waals surface area contributed by atoms with Gasteiger partial charge in [0.05, 0.1) is 44.9 Å². The van der Waals surface area contributed by atoms with Crippen molar-refractivity contribution >= 4 is 45.0 Å². The Bertz CT molecular complexity index is 1040. The summed E-state index contributed by atoms with van der Waals surface area (Å²) in [5, 5.41) is 13.7. The Hall–Kier alpha value is -2.35. The normalized spacial score (nSPS) is 18.1. The highest BCUT2D eigenvalue weighted by atomic mass is 79.9. The second-order valence-corrected chi connectivity index (χ2v) is 8.89. The molecule has 0 bridgehead atoms. The molecule has 1 saturated heterocycles. The molecule has 1 aliphatic heterocycles. The average molecular weight is 508 g/mol. The fourth-order valence-electron chi connectivity index (χ4n) is 3.54. The summed E-state index contributed by atoms with van der Waals surface area (Å²) in [6.07, 6.45) is 0. The molecule has 1 unspecified atom stereocenters. The van der Waals surface area contributed by atoms with Crippen LogP contribution in [-0.4, -0.2) is 50.4 Å². The van der Waals surface area contributed by atoms with E-state index in [1.807, 2.05) is 45.3 Å². The lowest BCUT2D eigenvalue weighted by Gasteiger charge is -2.28. The van der Waals surface area contributed by atoms with E-state index in [1.165, 1.54) is 11.0 Å². The van der Waals surface area contributed by atoms with Crippen molar-refractivity contribution in [3.63, 3.8) is 0 Å². The fraction of sp³-hybridized carbons (Fsp3) is 0.304. The zero-order valence-electron chi connectivity index (χ0n) is 17.6. The first-order valence-corrected chi connectivity index (χ1v) is 11.1. The molecular weight excluding hydrogens is 484 g/mol. The molecule has 2 aromatic rings. The maximum absolute atomic E-state index is 13.4. The minimum absolute atomic E-state index is 0.0583. The van der Waals surface area contributed by atoms with Gasteiger partial charge in [0.2, 0.25) is 5.78 Å². The molecule has 0 saturated carbocycles. The van der Waals surface area contributed by atoms with Gasteiger partial charge in [-0.1, -0.05) is 51.5 Å². The van der Waals surface area contributed by atoms with Gasteiger partial charge in [0, 0.05) is 10.0 Å². The van der Waals surface area contributed by atoms with Crippen LogP contribution in [0.4, 0.5) is 0 Å². The van der Waals surface area contributed by atoms with Crippen LogP contribution < -0.4 is 14.7 Å². The summed E-state index contributed by atoms with van der Waals surface area (Å²) in [5.41, 5.74) is 0.879. The van der Waals surface area contributed by atoms with Crippen LogP contribution in [0.3, 0.4) is 0 Å². The number of quaternary nitrogens is 1. The van der Waals surface area contributed by atoms with Gasteiger partial charge in [-0.05, 0) is 42.3 Å². The standard InChI is InChI=1S/C23H24BrClN2O4/c1-4-31-18-9-8-15(13-17(18)25)21(28)19-20(14-6-5-7-16(24)12-14)27(11-10-26(2)3)23(30)22(19)29/h5-9,12-13,20,28H,4,10-11H2,1-3H3. The van der Waals surface area contributed by atoms with E-state index in [-0.39, 0.29) is 16.2 Å². The molecule has 2 aromatic carbocycles. The highest BCUT2D eigenvalue weighted by Gasteiger charge is 2.44. The Morgan fingerprint density at radius 3 is 2.58 bits per heavy atom. The second kappa shape index (κ2) is 9.85. The van der Waals surface area contributed by atoms with E-state index in [2.05, 4.69) is 15.9 Å². The molecule has 164 valence electrons. The molecule has 1 aliphatic rings. The molecule has 0 spiro atoms.